The molecule has 0 amide bonds. The van der Waals surface area contributed by atoms with Crippen LogP contribution in [0.15, 0.2) is 127 Å². The predicted molar refractivity (Wildman–Crippen MR) is 191 cm³/mol. The number of esters is 3. The highest BCUT2D eigenvalue weighted by molar-refractivity contribution is 5.91. The van der Waals surface area contributed by atoms with Crippen LogP contribution < -0.4 is 18.9 Å². The lowest BCUT2D eigenvalue weighted by Gasteiger charge is -2.26. The lowest BCUT2D eigenvalue weighted by Crippen LogP contribution is -2.19. The first-order valence-electron chi connectivity index (χ1n) is 15.9. The van der Waals surface area contributed by atoms with Crippen LogP contribution in [0.3, 0.4) is 0 Å². The third-order valence-corrected chi connectivity index (χ3v) is 8.28. The van der Waals surface area contributed by atoms with Crippen LogP contribution in [0.1, 0.15) is 74.2 Å². The van der Waals surface area contributed by atoms with Crippen molar-refractivity contribution in [3.05, 3.63) is 155 Å². The van der Waals surface area contributed by atoms with Gasteiger partial charge in [-0.15, -0.1) is 0 Å². The van der Waals surface area contributed by atoms with Gasteiger partial charge in [0.15, 0.2) is 0 Å². The number of ether oxygens (including phenoxy) is 4. The molecule has 5 aromatic rings. The van der Waals surface area contributed by atoms with Gasteiger partial charge in [0, 0.05) is 24.7 Å². The number of hydrogen-bond donors (Lipinski definition) is 0. The minimum Gasteiger partial charge on any atom is -0.497 e. The molecule has 7 heteroatoms. The Morgan fingerprint density at radius 1 is 0.429 bits per heavy atom. The first-order chi connectivity index (χ1) is 23.3. The Morgan fingerprint density at radius 3 is 1.04 bits per heavy atom. The summed E-state index contributed by atoms with van der Waals surface area (Å²) in [5.74, 6) is 1.41. The highest BCUT2D eigenvalue weighted by atomic mass is 16.5. The van der Waals surface area contributed by atoms with Gasteiger partial charge in [-0.1, -0.05) is 94.4 Å². The molecule has 0 unspecified atom stereocenters. The van der Waals surface area contributed by atoms with E-state index in [0.29, 0.717) is 22.8 Å². The molecule has 0 spiro atoms. The van der Waals surface area contributed by atoms with Gasteiger partial charge in [-0.2, -0.15) is 0 Å². The number of benzene rings is 5. The van der Waals surface area contributed by atoms with E-state index in [9.17, 15) is 14.4 Å². The van der Waals surface area contributed by atoms with E-state index in [1.165, 1.54) is 19.4 Å². The molecule has 49 heavy (non-hydrogen) atoms. The summed E-state index contributed by atoms with van der Waals surface area (Å²) in [6.45, 7) is 11.3. The van der Waals surface area contributed by atoms with E-state index in [4.69, 9.17) is 18.9 Å². The van der Waals surface area contributed by atoms with Crippen molar-refractivity contribution >= 4 is 17.9 Å². The van der Waals surface area contributed by atoms with Gasteiger partial charge in [-0.3, -0.25) is 9.59 Å². The molecule has 0 heterocycles. The Kier molecular flexibility index (Phi) is 11.8. The van der Waals surface area contributed by atoms with Crippen molar-refractivity contribution in [1.29, 1.82) is 0 Å². The van der Waals surface area contributed by atoms with E-state index >= 15 is 0 Å². The number of rotatable bonds is 9. The van der Waals surface area contributed by atoms with Gasteiger partial charge in [-0.25, -0.2) is 4.79 Å². The van der Waals surface area contributed by atoms with Crippen molar-refractivity contribution in [2.75, 3.05) is 7.11 Å². The summed E-state index contributed by atoms with van der Waals surface area (Å²) in [7, 11) is 1.66. The van der Waals surface area contributed by atoms with Crippen LogP contribution in [0.2, 0.25) is 0 Å². The predicted octanol–water partition coefficient (Wildman–Crippen LogP) is 9.10. The maximum Gasteiger partial charge on any atom is 0.343 e. The molecule has 0 aliphatic rings. The summed E-state index contributed by atoms with van der Waals surface area (Å²) < 4.78 is 20.8. The molecule has 0 saturated carbocycles. The van der Waals surface area contributed by atoms with Crippen LogP contribution in [0.25, 0.3) is 0 Å². The first kappa shape index (κ1) is 36.2. The summed E-state index contributed by atoms with van der Waals surface area (Å²) in [6, 6.07) is 39.5. The zero-order chi connectivity index (χ0) is 35.6. The second-order valence-corrected chi connectivity index (χ2v) is 12.5. The second kappa shape index (κ2) is 15.9. The van der Waals surface area contributed by atoms with Crippen LogP contribution in [-0.4, -0.2) is 25.0 Å². The third-order valence-electron chi connectivity index (χ3n) is 8.28. The Labute approximate surface area is 288 Å². The molecule has 0 aliphatic heterocycles. The Morgan fingerprint density at radius 2 is 0.735 bits per heavy atom. The van der Waals surface area contributed by atoms with E-state index in [-0.39, 0.29) is 28.7 Å². The SMILES string of the molecule is CC(=O)Oc1ccc(C(C)(C)c2ccc(OC(=O)c3ccccc3)cc2)cc1.COc1ccc(C(C)(C)c2ccc(OC(C)=O)cc2)cc1. The molecular formula is C42H42O7. The highest BCUT2D eigenvalue weighted by Crippen LogP contribution is 2.34. The summed E-state index contributed by atoms with van der Waals surface area (Å²) >= 11 is 0. The van der Waals surface area contributed by atoms with Crippen LogP contribution >= 0.6 is 0 Å². The van der Waals surface area contributed by atoms with Crippen LogP contribution in [0.4, 0.5) is 0 Å². The quantitative estimate of drug-likeness (QED) is 0.115. The molecule has 5 rings (SSSR count). The maximum absolute atomic E-state index is 12.2. The number of methoxy groups -OCH3 is 1. The normalized spacial score (nSPS) is 11.0. The lowest BCUT2D eigenvalue weighted by atomic mass is 9.78. The molecule has 0 aromatic heterocycles. The van der Waals surface area contributed by atoms with Gasteiger partial charge in [0.2, 0.25) is 0 Å². The Hall–Kier alpha value is -5.69. The van der Waals surface area contributed by atoms with Gasteiger partial charge in [0.25, 0.3) is 0 Å². The zero-order valence-electron chi connectivity index (χ0n) is 29.0. The van der Waals surface area contributed by atoms with Gasteiger partial charge in [-0.05, 0) is 82.9 Å². The van der Waals surface area contributed by atoms with Gasteiger partial charge < -0.3 is 18.9 Å². The monoisotopic (exact) mass is 658 g/mol. The number of carbonyl (C=O) groups excluding carboxylic acids is 3. The molecular weight excluding hydrogens is 616 g/mol. The van der Waals surface area contributed by atoms with Crippen molar-refractivity contribution in [2.45, 2.75) is 52.4 Å². The van der Waals surface area contributed by atoms with Crippen molar-refractivity contribution in [1.82, 2.24) is 0 Å². The first-order valence-corrected chi connectivity index (χ1v) is 15.9. The molecule has 252 valence electrons. The minimum atomic E-state index is -0.381. The Bertz CT molecular complexity index is 1840. The average Bonchev–Trinajstić information content (AvgIpc) is 3.09. The largest absolute Gasteiger partial charge is 0.497 e. The number of hydrogen-bond acceptors (Lipinski definition) is 7. The average molecular weight is 659 g/mol. The lowest BCUT2D eigenvalue weighted by molar-refractivity contribution is -0.132. The molecule has 0 radical (unpaired) electrons. The van der Waals surface area contributed by atoms with Crippen LogP contribution in [0.5, 0.6) is 23.0 Å². The molecule has 0 N–H and O–H groups in total. The van der Waals surface area contributed by atoms with Crippen LogP contribution in [0, 0.1) is 0 Å². The van der Waals surface area contributed by atoms with Crippen molar-refractivity contribution in [2.24, 2.45) is 0 Å². The van der Waals surface area contributed by atoms with Gasteiger partial charge in [0.1, 0.15) is 23.0 Å². The smallest absolute Gasteiger partial charge is 0.343 e. The van der Waals surface area contributed by atoms with Gasteiger partial charge in [0.05, 0.1) is 12.7 Å². The van der Waals surface area contributed by atoms with E-state index in [1.54, 1.807) is 55.6 Å². The molecule has 0 saturated heterocycles. The van der Waals surface area contributed by atoms with Crippen LogP contribution in [-0.2, 0) is 20.4 Å². The fourth-order valence-electron chi connectivity index (χ4n) is 5.23. The molecule has 0 aliphatic carbocycles. The molecule has 0 fully saturated rings. The zero-order valence-corrected chi connectivity index (χ0v) is 29.0. The summed E-state index contributed by atoms with van der Waals surface area (Å²) in [6.07, 6.45) is 0. The fraction of sp³-hybridized carbons (Fsp3) is 0.214. The van der Waals surface area contributed by atoms with E-state index in [2.05, 4.69) is 39.8 Å². The topological polar surface area (TPSA) is 88.1 Å². The third kappa shape index (κ3) is 9.67. The highest BCUT2D eigenvalue weighted by Gasteiger charge is 2.24. The second-order valence-electron chi connectivity index (χ2n) is 12.5. The summed E-state index contributed by atoms with van der Waals surface area (Å²) in [5, 5.41) is 0. The Balaban J connectivity index is 0.000000230. The number of carbonyl (C=O) groups is 3. The maximum atomic E-state index is 12.2. The standard InChI is InChI=1S/C24H22O4.C18H20O3/c1-17(25)27-21-13-9-19(10-14-21)24(2,3)20-11-15-22(16-12-20)28-23(26)18-7-5-4-6-8-18;1-13(19)21-17-11-7-15(8-12-17)18(2,3)14-5-9-16(20-4)10-6-14/h4-16H,1-3H3;5-12H,1-4H3. The van der Waals surface area contributed by atoms with E-state index in [0.717, 1.165) is 22.4 Å². The van der Waals surface area contributed by atoms with E-state index in [1.807, 2.05) is 66.7 Å². The van der Waals surface area contributed by atoms with E-state index < -0.39 is 0 Å². The molecule has 0 atom stereocenters. The molecule has 5 aromatic carbocycles. The van der Waals surface area contributed by atoms with Gasteiger partial charge >= 0.3 is 17.9 Å². The van der Waals surface area contributed by atoms with Crippen molar-refractivity contribution in [3.8, 4) is 23.0 Å². The van der Waals surface area contributed by atoms with Crippen molar-refractivity contribution < 1.29 is 33.3 Å². The summed E-state index contributed by atoms with van der Waals surface area (Å²) in [5.41, 5.74) is 4.62. The molecule has 0 bridgehead atoms. The van der Waals surface area contributed by atoms with Crippen molar-refractivity contribution in [3.63, 3.8) is 0 Å². The minimum absolute atomic E-state index is 0.138. The summed E-state index contributed by atoms with van der Waals surface area (Å²) in [4.78, 5) is 34.2. The molecule has 7 nitrogen and oxygen atoms in total. The fourth-order valence-corrected chi connectivity index (χ4v) is 5.23.